The minimum Gasteiger partial charge on any atom is -0.340 e. The highest BCUT2D eigenvalue weighted by Crippen LogP contribution is 2.23. The van der Waals surface area contributed by atoms with Crippen LogP contribution in [0.4, 0.5) is 10.3 Å². The molecule has 9 nitrogen and oxygen atoms in total. The third-order valence-corrected chi connectivity index (χ3v) is 6.99. The SMILES string of the molecule is CC(C)(C)n1ncc2c(=O)[nH]c(N3CCN(S(=O)(=O)c4ccccc4F)CC3)nc21. The molecule has 4 rings (SSSR count). The maximum atomic E-state index is 14.0. The Balaban J connectivity index is 1.60. The summed E-state index contributed by atoms with van der Waals surface area (Å²) in [6.45, 7) is 6.82. The van der Waals surface area contributed by atoms with Crippen LogP contribution in [0.15, 0.2) is 40.2 Å². The number of fused-ring (bicyclic) bond motifs is 1. The van der Waals surface area contributed by atoms with E-state index in [1.165, 1.54) is 28.7 Å². The van der Waals surface area contributed by atoms with Gasteiger partial charge in [0.05, 0.1) is 11.7 Å². The van der Waals surface area contributed by atoms with Gasteiger partial charge in [0.2, 0.25) is 16.0 Å². The average molecular weight is 434 g/mol. The van der Waals surface area contributed by atoms with Gasteiger partial charge in [-0.25, -0.2) is 17.5 Å². The van der Waals surface area contributed by atoms with Crippen molar-refractivity contribution < 1.29 is 12.8 Å². The lowest BCUT2D eigenvalue weighted by Crippen LogP contribution is -2.49. The standard InChI is InChI=1S/C19H23FN6O3S/c1-19(2,3)26-16-13(12-21-26)17(27)23-18(22-16)24-8-10-25(11-9-24)30(28,29)15-7-5-4-6-14(15)20/h4-7,12H,8-11H2,1-3H3,(H,22,23,27). The average Bonchev–Trinajstić information content (AvgIpc) is 3.13. The van der Waals surface area contributed by atoms with Gasteiger partial charge >= 0.3 is 0 Å². The number of hydrogen-bond acceptors (Lipinski definition) is 6. The highest BCUT2D eigenvalue weighted by molar-refractivity contribution is 7.89. The molecule has 0 saturated carbocycles. The summed E-state index contributed by atoms with van der Waals surface area (Å²) in [5.41, 5.74) is -0.179. The summed E-state index contributed by atoms with van der Waals surface area (Å²) >= 11 is 0. The van der Waals surface area contributed by atoms with E-state index in [0.717, 1.165) is 6.07 Å². The highest BCUT2D eigenvalue weighted by Gasteiger charge is 2.31. The van der Waals surface area contributed by atoms with E-state index in [1.54, 1.807) is 4.68 Å². The van der Waals surface area contributed by atoms with Crippen molar-refractivity contribution in [2.24, 2.45) is 0 Å². The first kappa shape index (κ1) is 20.5. The fourth-order valence-electron chi connectivity index (χ4n) is 3.48. The normalized spacial score (nSPS) is 16.3. The molecule has 1 N–H and O–H groups in total. The lowest BCUT2D eigenvalue weighted by atomic mass is 10.1. The number of nitrogens with zero attached hydrogens (tertiary/aromatic N) is 5. The van der Waals surface area contributed by atoms with E-state index in [2.05, 4.69) is 15.1 Å². The van der Waals surface area contributed by atoms with Gasteiger partial charge < -0.3 is 4.90 Å². The fourth-order valence-corrected chi connectivity index (χ4v) is 4.97. The van der Waals surface area contributed by atoms with Gasteiger partial charge in [-0.3, -0.25) is 9.78 Å². The van der Waals surface area contributed by atoms with E-state index in [4.69, 9.17) is 0 Å². The molecule has 3 heterocycles. The van der Waals surface area contributed by atoms with Crippen LogP contribution in [0.5, 0.6) is 0 Å². The molecule has 3 aromatic rings. The molecule has 30 heavy (non-hydrogen) atoms. The van der Waals surface area contributed by atoms with Crippen molar-refractivity contribution in [2.45, 2.75) is 31.2 Å². The maximum absolute atomic E-state index is 14.0. The fraction of sp³-hybridized carbons (Fsp3) is 0.421. The molecular weight excluding hydrogens is 411 g/mol. The number of benzene rings is 1. The molecular formula is C19H23FN6O3S. The van der Waals surface area contributed by atoms with Gasteiger partial charge in [-0.05, 0) is 32.9 Å². The van der Waals surface area contributed by atoms with Gasteiger partial charge in [0, 0.05) is 26.2 Å². The van der Waals surface area contributed by atoms with Crippen molar-refractivity contribution in [1.29, 1.82) is 0 Å². The largest absolute Gasteiger partial charge is 0.340 e. The second kappa shape index (κ2) is 7.17. The highest BCUT2D eigenvalue weighted by atomic mass is 32.2. The van der Waals surface area contributed by atoms with Crippen LogP contribution in [-0.4, -0.2) is 58.7 Å². The van der Waals surface area contributed by atoms with Crippen molar-refractivity contribution in [3.8, 4) is 0 Å². The zero-order valence-corrected chi connectivity index (χ0v) is 17.8. The zero-order valence-electron chi connectivity index (χ0n) is 17.0. The summed E-state index contributed by atoms with van der Waals surface area (Å²) in [6.07, 6.45) is 1.50. The summed E-state index contributed by atoms with van der Waals surface area (Å²) in [5.74, 6) is -0.409. The van der Waals surface area contributed by atoms with Crippen LogP contribution < -0.4 is 10.5 Å². The second-order valence-electron chi connectivity index (χ2n) is 8.18. The predicted octanol–water partition coefficient (Wildman–Crippen LogP) is 1.52. The monoisotopic (exact) mass is 434 g/mol. The number of anilines is 1. The van der Waals surface area contributed by atoms with Crippen LogP contribution in [0.2, 0.25) is 0 Å². The maximum Gasteiger partial charge on any atom is 0.263 e. The lowest BCUT2D eigenvalue weighted by molar-refractivity contribution is 0.365. The minimum absolute atomic E-state index is 0.150. The molecule has 1 saturated heterocycles. The van der Waals surface area contributed by atoms with Gasteiger partial charge in [-0.2, -0.15) is 14.4 Å². The number of hydrogen-bond donors (Lipinski definition) is 1. The molecule has 0 aliphatic carbocycles. The van der Waals surface area contributed by atoms with Crippen LogP contribution in [0, 0.1) is 5.82 Å². The smallest absolute Gasteiger partial charge is 0.263 e. The number of rotatable bonds is 3. The predicted molar refractivity (Wildman–Crippen MR) is 111 cm³/mol. The van der Waals surface area contributed by atoms with E-state index in [9.17, 15) is 17.6 Å². The number of piperazine rings is 1. The van der Waals surface area contributed by atoms with Crippen molar-refractivity contribution >= 4 is 27.0 Å². The summed E-state index contributed by atoms with van der Waals surface area (Å²) in [4.78, 5) is 21.3. The number of H-pyrrole nitrogens is 1. The van der Waals surface area contributed by atoms with Crippen LogP contribution in [0.1, 0.15) is 20.8 Å². The van der Waals surface area contributed by atoms with E-state index >= 15 is 0 Å². The summed E-state index contributed by atoms with van der Waals surface area (Å²) in [7, 11) is -3.93. The van der Waals surface area contributed by atoms with E-state index in [0.29, 0.717) is 30.1 Å². The van der Waals surface area contributed by atoms with E-state index < -0.39 is 15.8 Å². The molecule has 0 bridgehead atoms. The molecule has 2 aromatic heterocycles. The van der Waals surface area contributed by atoms with Gasteiger partial charge in [-0.1, -0.05) is 12.1 Å². The summed E-state index contributed by atoms with van der Waals surface area (Å²) < 4.78 is 42.5. The number of nitrogens with one attached hydrogen (secondary N) is 1. The molecule has 0 amide bonds. The van der Waals surface area contributed by atoms with Crippen LogP contribution >= 0.6 is 0 Å². The Hall–Kier alpha value is -2.79. The molecule has 1 aromatic carbocycles. The Morgan fingerprint density at radius 1 is 1.10 bits per heavy atom. The van der Waals surface area contributed by atoms with Gasteiger partial charge in [0.15, 0.2) is 5.65 Å². The number of sulfonamides is 1. The first-order chi connectivity index (χ1) is 14.1. The van der Waals surface area contributed by atoms with Gasteiger partial charge in [-0.15, -0.1) is 0 Å². The van der Waals surface area contributed by atoms with Gasteiger partial charge in [0.25, 0.3) is 5.56 Å². The quantitative estimate of drug-likeness (QED) is 0.670. The Bertz CT molecular complexity index is 1250. The Morgan fingerprint density at radius 3 is 2.40 bits per heavy atom. The van der Waals surface area contributed by atoms with Gasteiger partial charge in [0.1, 0.15) is 16.1 Å². The Kier molecular flexibility index (Phi) is 4.89. The van der Waals surface area contributed by atoms with Crippen molar-refractivity contribution in [3.63, 3.8) is 0 Å². The van der Waals surface area contributed by atoms with E-state index in [-0.39, 0.29) is 29.1 Å². The Morgan fingerprint density at radius 2 is 1.77 bits per heavy atom. The third-order valence-electron chi connectivity index (χ3n) is 5.05. The summed E-state index contributed by atoms with van der Waals surface area (Å²) in [6, 6.07) is 5.34. The number of halogens is 1. The summed E-state index contributed by atoms with van der Waals surface area (Å²) in [5, 5.41) is 4.69. The first-order valence-corrected chi connectivity index (χ1v) is 11.0. The van der Waals surface area contributed by atoms with Crippen LogP contribution in [-0.2, 0) is 15.6 Å². The number of aromatic nitrogens is 4. The lowest BCUT2D eigenvalue weighted by Gasteiger charge is -2.34. The molecule has 0 atom stereocenters. The molecule has 0 spiro atoms. The molecule has 0 unspecified atom stereocenters. The van der Waals surface area contributed by atoms with Crippen LogP contribution in [0.3, 0.4) is 0 Å². The van der Waals surface area contributed by atoms with Crippen molar-refractivity contribution in [2.75, 3.05) is 31.1 Å². The molecule has 1 aliphatic rings. The van der Waals surface area contributed by atoms with Crippen molar-refractivity contribution in [3.05, 3.63) is 46.6 Å². The second-order valence-corrected chi connectivity index (χ2v) is 10.1. The van der Waals surface area contributed by atoms with E-state index in [1.807, 2.05) is 25.7 Å². The Labute approximate surface area is 173 Å². The molecule has 11 heteroatoms. The molecule has 1 fully saturated rings. The topological polar surface area (TPSA) is 104 Å². The minimum atomic E-state index is -3.93. The first-order valence-electron chi connectivity index (χ1n) is 9.57. The third kappa shape index (κ3) is 3.47. The molecule has 1 aliphatic heterocycles. The molecule has 160 valence electrons. The molecule has 0 radical (unpaired) electrons. The van der Waals surface area contributed by atoms with Crippen molar-refractivity contribution in [1.82, 2.24) is 24.1 Å². The zero-order chi connectivity index (χ0) is 21.7. The number of aromatic amines is 1. The van der Waals surface area contributed by atoms with Crippen LogP contribution in [0.25, 0.3) is 11.0 Å².